The Balaban J connectivity index is 0.916. The van der Waals surface area contributed by atoms with Gasteiger partial charge in [0, 0.05) is 48.9 Å². The molecule has 0 bridgehead atoms. The fourth-order valence-corrected chi connectivity index (χ4v) is 7.92. The molecule has 0 saturated carbocycles. The molecule has 8 rings (SSSR count). The lowest BCUT2D eigenvalue weighted by Gasteiger charge is -2.42. The topological polar surface area (TPSA) is 113 Å². The lowest BCUT2D eigenvalue weighted by molar-refractivity contribution is -0.253. The van der Waals surface area contributed by atoms with Gasteiger partial charge in [-0.15, -0.1) is 0 Å². The van der Waals surface area contributed by atoms with Crippen LogP contribution in [0.4, 0.5) is 10.5 Å². The van der Waals surface area contributed by atoms with E-state index in [0.717, 1.165) is 57.8 Å². The third-order valence-corrected chi connectivity index (χ3v) is 11.4. The SMILES string of the molecule is O=C(NCc1cccc(-c2cccc([C@H]3O[C@@H](CN4CCC(O)(c5ccc(Cl)cc5)CC4)C[C@@H](c4ccc(CO)cc4)O3)c2)c1)Nc1ccc(Oc2ccccc2)cc1. The molecule has 2 fully saturated rings. The number of carbonyl (C=O) groups is 1. The second-order valence-corrected chi connectivity index (χ2v) is 15.7. The first-order valence-corrected chi connectivity index (χ1v) is 20.4. The summed E-state index contributed by atoms with van der Waals surface area (Å²) in [4.78, 5) is 15.2. The minimum Gasteiger partial charge on any atom is -0.457 e. The molecule has 0 radical (unpaired) electrons. The molecule has 2 amide bonds. The Hall–Kier alpha value is -5.52. The smallest absolute Gasteiger partial charge is 0.319 e. The largest absolute Gasteiger partial charge is 0.457 e. The Morgan fingerprint density at radius 2 is 1.44 bits per heavy atom. The molecule has 2 saturated heterocycles. The van der Waals surface area contributed by atoms with Gasteiger partial charge in [-0.1, -0.05) is 103 Å². The lowest BCUT2D eigenvalue weighted by Crippen LogP contribution is -2.46. The minimum atomic E-state index is -0.885. The van der Waals surface area contributed by atoms with Gasteiger partial charge in [0.05, 0.1) is 24.4 Å². The van der Waals surface area contributed by atoms with Gasteiger partial charge in [-0.25, -0.2) is 4.79 Å². The van der Waals surface area contributed by atoms with Crippen LogP contribution in [0.15, 0.2) is 152 Å². The van der Waals surface area contributed by atoms with E-state index in [1.807, 2.05) is 115 Å². The van der Waals surface area contributed by atoms with Crippen LogP contribution in [0.2, 0.25) is 5.02 Å². The highest BCUT2D eigenvalue weighted by Gasteiger charge is 2.37. The number of hydrogen-bond donors (Lipinski definition) is 4. The van der Waals surface area contributed by atoms with Gasteiger partial charge in [0.15, 0.2) is 6.29 Å². The van der Waals surface area contributed by atoms with Gasteiger partial charge < -0.3 is 40.0 Å². The van der Waals surface area contributed by atoms with Crippen LogP contribution in [0.5, 0.6) is 11.5 Å². The van der Waals surface area contributed by atoms with E-state index in [1.54, 1.807) is 12.1 Å². The van der Waals surface area contributed by atoms with Gasteiger partial charge in [0.2, 0.25) is 0 Å². The van der Waals surface area contributed by atoms with E-state index in [1.165, 1.54) is 0 Å². The number of anilines is 1. The number of ether oxygens (including phenoxy) is 3. The summed E-state index contributed by atoms with van der Waals surface area (Å²) in [6.45, 7) is 2.50. The Morgan fingerprint density at radius 1 is 0.746 bits per heavy atom. The highest BCUT2D eigenvalue weighted by molar-refractivity contribution is 6.30. The van der Waals surface area contributed by atoms with Crippen LogP contribution >= 0.6 is 11.6 Å². The zero-order valence-electron chi connectivity index (χ0n) is 32.7. The summed E-state index contributed by atoms with van der Waals surface area (Å²) in [5, 5.41) is 27.7. The van der Waals surface area contributed by atoms with Crippen LogP contribution in [0, 0.1) is 0 Å². The van der Waals surface area contributed by atoms with Gasteiger partial charge >= 0.3 is 6.03 Å². The maximum absolute atomic E-state index is 12.8. The van der Waals surface area contributed by atoms with E-state index < -0.39 is 11.9 Å². The number of nitrogens with one attached hydrogen (secondary N) is 2. The first-order chi connectivity index (χ1) is 28.8. The summed E-state index contributed by atoms with van der Waals surface area (Å²) >= 11 is 6.12. The molecule has 6 aromatic carbocycles. The molecule has 2 aliphatic rings. The van der Waals surface area contributed by atoms with E-state index in [2.05, 4.69) is 39.8 Å². The normalized spacial score (nSPS) is 19.1. The number of aliphatic hydroxyl groups is 2. The van der Waals surface area contributed by atoms with Crippen molar-refractivity contribution in [2.24, 2.45) is 0 Å². The zero-order chi connectivity index (χ0) is 40.6. The van der Waals surface area contributed by atoms with E-state index in [0.29, 0.717) is 48.8 Å². The number of urea groups is 1. The predicted octanol–water partition coefficient (Wildman–Crippen LogP) is 10.1. The van der Waals surface area contributed by atoms with Gasteiger partial charge in [-0.05, 0) is 107 Å². The number of rotatable bonds is 12. The Bertz CT molecular complexity index is 2300. The first kappa shape index (κ1) is 40.3. The molecule has 2 heterocycles. The van der Waals surface area contributed by atoms with Crippen molar-refractivity contribution < 1.29 is 29.2 Å². The van der Waals surface area contributed by atoms with Crippen LogP contribution in [0.25, 0.3) is 11.1 Å². The van der Waals surface area contributed by atoms with Crippen molar-refractivity contribution in [3.8, 4) is 22.6 Å². The van der Waals surface area contributed by atoms with Crippen molar-refractivity contribution in [3.63, 3.8) is 0 Å². The van der Waals surface area contributed by atoms with Crippen LogP contribution in [0.3, 0.4) is 0 Å². The molecular weight excluding hydrogens is 762 g/mol. The monoisotopic (exact) mass is 809 g/mol. The van der Waals surface area contributed by atoms with E-state index in [9.17, 15) is 15.0 Å². The number of amides is 2. The zero-order valence-corrected chi connectivity index (χ0v) is 33.4. The van der Waals surface area contributed by atoms with Gasteiger partial charge in [-0.3, -0.25) is 0 Å². The average molecular weight is 810 g/mol. The highest BCUT2D eigenvalue weighted by atomic mass is 35.5. The molecule has 2 aliphatic heterocycles. The van der Waals surface area contributed by atoms with E-state index >= 15 is 0 Å². The fraction of sp³-hybridized carbons (Fsp3) is 0.245. The number of piperidine rings is 1. The molecule has 0 spiro atoms. The van der Waals surface area contributed by atoms with Crippen molar-refractivity contribution in [3.05, 3.63) is 184 Å². The Kier molecular flexibility index (Phi) is 12.7. The summed E-state index contributed by atoms with van der Waals surface area (Å²) in [6.07, 6.45) is 0.958. The molecule has 6 aromatic rings. The second kappa shape index (κ2) is 18.6. The number of nitrogens with zero attached hydrogens (tertiary/aromatic N) is 1. The number of benzene rings is 6. The third kappa shape index (κ3) is 10.4. The molecule has 0 aliphatic carbocycles. The minimum absolute atomic E-state index is 0.0186. The van der Waals surface area contributed by atoms with Crippen molar-refractivity contribution in [2.75, 3.05) is 25.0 Å². The maximum atomic E-state index is 12.8. The number of halogens is 1. The van der Waals surface area contributed by atoms with E-state index in [-0.39, 0.29) is 24.8 Å². The molecule has 59 heavy (non-hydrogen) atoms. The lowest BCUT2D eigenvalue weighted by atomic mass is 9.84. The predicted molar refractivity (Wildman–Crippen MR) is 230 cm³/mol. The summed E-state index contributed by atoms with van der Waals surface area (Å²) < 4.78 is 19.3. The first-order valence-electron chi connectivity index (χ1n) is 20.1. The summed E-state index contributed by atoms with van der Waals surface area (Å²) in [7, 11) is 0. The standard InChI is InChI=1S/C49H48ClN3O6/c50-41-18-16-40(17-19-41)49(56)24-26-53(27-25-49)32-45-30-46(36-14-12-34(33-54)13-15-36)59-47(58-45)39-9-5-8-38(29-39)37-7-4-6-35(28-37)31-51-48(55)52-42-20-22-44(23-21-42)57-43-10-2-1-3-11-43/h1-23,28-29,45-47,54,56H,24-27,30-33H2,(H2,51,52,55)/t45-,46+,47+/m1/s1. The molecule has 10 heteroatoms. The Labute approximate surface area is 350 Å². The number of para-hydroxylation sites is 1. The second-order valence-electron chi connectivity index (χ2n) is 15.3. The summed E-state index contributed by atoms with van der Waals surface area (Å²) in [5.41, 5.74) is 6.42. The van der Waals surface area contributed by atoms with Gasteiger partial charge in [0.25, 0.3) is 0 Å². The molecule has 302 valence electrons. The number of likely N-dealkylation sites (tertiary alicyclic amines) is 1. The molecular formula is C49H48ClN3O6. The highest BCUT2D eigenvalue weighted by Crippen LogP contribution is 2.40. The molecule has 3 atom stereocenters. The number of aliphatic hydroxyl groups excluding tert-OH is 1. The van der Waals surface area contributed by atoms with Gasteiger partial charge in [-0.2, -0.15) is 0 Å². The number of hydrogen-bond acceptors (Lipinski definition) is 7. The van der Waals surface area contributed by atoms with Crippen LogP contribution in [-0.2, 0) is 28.2 Å². The van der Waals surface area contributed by atoms with Crippen LogP contribution < -0.4 is 15.4 Å². The van der Waals surface area contributed by atoms with Crippen molar-refractivity contribution in [2.45, 2.75) is 56.5 Å². The molecule has 9 nitrogen and oxygen atoms in total. The summed E-state index contributed by atoms with van der Waals surface area (Å²) in [6, 6.07) is 48.2. The number of carbonyl (C=O) groups excluding carboxylic acids is 1. The van der Waals surface area contributed by atoms with Crippen molar-refractivity contribution >= 4 is 23.3 Å². The molecule has 0 aromatic heterocycles. The van der Waals surface area contributed by atoms with Crippen LogP contribution in [-0.4, -0.2) is 46.9 Å². The van der Waals surface area contributed by atoms with E-state index in [4.69, 9.17) is 25.8 Å². The quantitative estimate of drug-likeness (QED) is 0.0974. The molecule has 4 N–H and O–H groups in total. The third-order valence-electron chi connectivity index (χ3n) is 11.1. The van der Waals surface area contributed by atoms with Crippen molar-refractivity contribution in [1.29, 1.82) is 0 Å². The van der Waals surface area contributed by atoms with Gasteiger partial charge in [0.1, 0.15) is 11.5 Å². The Morgan fingerprint density at radius 3 is 2.17 bits per heavy atom. The maximum Gasteiger partial charge on any atom is 0.319 e. The molecule has 0 unspecified atom stereocenters. The van der Waals surface area contributed by atoms with Crippen molar-refractivity contribution in [1.82, 2.24) is 10.2 Å². The fourth-order valence-electron chi connectivity index (χ4n) is 7.79. The summed E-state index contributed by atoms with van der Waals surface area (Å²) in [5.74, 6) is 1.43. The average Bonchev–Trinajstić information content (AvgIpc) is 3.28. The van der Waals surface area contributed by atoms with Crippen LogP contribution in [0.1, 0.15) is 59.5 Å².